The fourth-order valence-electron chi connectivity index (χ4n) is 3.46. The molecule has 32 heavy (non-hydrogen) atoms. The lowest BCUT2D eigenvalue weighted by Crippen LogP contribution is -2.16. The van der Waals surface area contributed by atoms with Crippen molar-refractivity contribution in [2.45, 2.75) is 25.6 Å². The fourth-order valence-corrected chi connectivity index (χ4v) is 3.55. The number of nitrogens with one attached hydrogen (secondary N) is 2. The average molecular weight is 462 g/mol. The Bertz CT molecular complexity index is 1250. The van der Waals surface area contributed by atoms with Crippen molar-refractivity contribution in [2.75, 3.05) is 5.32 Å². The van der Waals surface area contributed by atoms with Crippen LogP contribution >= 0.6 is 11.6 Å². The number of aliphatic hydroxyl groups is 1. The van der Waals surface area contributed by atoms with Gasteiger partial charge in [-0.15, -0.1) is 8.78 Å². The van der Waals surface area contributed by atoms with Crippen molar-refractivity contribution in [3.8, 4) is 17.0 Å². The maximum Gasteiger partial charge on any atom is 0.487 e. The zero-order chi connectivity index (χ0) is 22.9. The Morgan fingerprint density at radius 3 is 2.62 bits per heavy atom. The monoisotopic (exact) mass is 461 g/mol. The first-order chi connectivity index (χ1) is 15.3. The first kappa shape index (κ1) is 21.7. The number of imidazole rings is 1. The van der Waals surface area contributed by atoms with E-state index in [0.29, 0.717) is 40.4 Å². The number of ether oxygens (including phenoxy) is 1. The van der Waals surface area contributed by atoms with Gasteiger partial charge in [0.05, 0.1) is 16.7 Å². The number of H-pyrrole nitrogens is 1. The van der Waals surface area contributed by atoms with Gasteiger partial charge >= 0.3 is 5.57 Å². The van der Waals surface area contributed by atoms with Crippen LogP contribution in [0.4, 0.5) is 14.5 Å². The largest absolute Gasteiger partial charge is 0.487 e. The Labute approximate surface area is 185 Å². The molecule has 0 unspecified atom stereocenters. The number of nitrogens with zero attached hydrogens (tertiary/aromatic N) is 3. The van der Waals surface area contributed by atoms with E-state index in [9.17, 15) is 18.7 Å². The Hall–Kier alpha value is -3.50. The molecule has 4 aromatic rings. The zero-order valence-corrected chi connectivity index (χ0v) is 17.5. The second kappa shape index (κ2) is 8.56. The zero-order valence-electron chi connectivity index (χ0n) is 16.8. The first-order valence-corrected chi connectivity index (χ1v) is 9.97. The molecule has 0 saturated heterocycles. The second-order valence-electron chi connectivity index (χ2n) is 6.82. The number of fused-ring (bicyclic) bond motifs is 1. The Balaban J connectivity index is 1.69. The van der Waals surface area contributed by atoms with Crippen molar-refractivity contribution < 1.29 is 23.4 Å². The maximum absolute atomic E-state index is 12.9. The number of alkyl halides is 3. The van der Waals surface area contributed by atoms with Gasteiger partial charge in [-0.3, -0.25) is 9.89 Å². The third-order valence-electron chi connectivity index (χ3n) is 4.78. The van der Waals surface area contributed by atoms with E-state index in [1.165, 1.54) is 24.3 Å². The standard InChI is InChI=1S/C21H18ClF2N5O3/c1-2-29-18(11-30)27-17-10-12(9-15(19(17)29)16-7-8-25-28-16)20(31)26-13-3-5-14(6-4-13)32-21(22,23)24/h3-10,30H,2,11H2,1H3,(H,25,28)(H,26,31). The normalized spacial score (nSPS) is 11.7. The quantitative estimate of drug-likeness (QED) is 0.355. The van der Waals surface area contributed by atoms with Crippen LogP contribution in [0.1, 0.15) is 23.1 Å². The summed E-state index contributed by atoms with van der Waals surface area (Å²) in [5, 5.41) is 19.3. The van der Waals surface area contributed by atoms with E-state index in [2.05, 4.69) is 25.2 Å². The van der Waals surface area contributed by atoms with Crippen molar-refractivity contribution in [3.63, 3.8) is 0 Å². The highest BCUT2D eigenvalue weighted by atomic mass is 35.5. The highest BCUT2D eigenvalue weighted by Gasteiger charge is 2.27. The van der Waals surface area contributed by atoms with Gasteiger partial charge in [-0.25, -0.2) is 4.98 Å². The third kappa shape index (κ3) is 4.41. The summed E-state index contributed by atoms with van der Waals surface area (Å²) in [4.78, 5) is 17.4. The number of carbonyl (C=O) groups excluding carboxylic acids is 1. The van der Waals surface area contributed by atoms with E-state index >= 15 is 0 Å². The van der Waals surface area contributed by atoms with Crippen LogP contribution in [0.2, 0.25) is 0 Å². The topological polar surface area (TPSA) is 105 Å². The van der Waals surface area contributed by atoms with Gasteiger partial charge in [0.25, 0.3) is 5.91 Å². The number of aliphatic hydroxyl groups excluding tert-OH is 1. The van der Waals surface area contributed by atoms with Crippen molar-refractivity contribution in [3.05, 3.63) is 60.0 Å². The molecule has 0 saturated carbocycles. The number of aryl methyl sites for hydroxylation is 1. The molecule has 0 radical (unpaired) electrons. The van der Waals surface area contributed by atoms with E-state index in [1.54, 1.807) is 24.4 Å². The second-order valence-corrected chi connectivity index (χ2v) is 7.26. The van der Waals surface area contributed by atoms with Crippen LogP contribution in [0.15, 0.2) is 48.7 Å². The van der Waals surface area contributed by atoms with Crippen LogP contribution in [-0.2, 0) is 13.2 Å². The van der Waals surface area contributed by atoms with Gasteiger partial charge in [0.2, 0.25) is 0 Å². The van der Waals surface area contributed by atoms with Gasteiger partial charge < -0.3 is 19.7 Å². The molecule has 0 bridgehead atoms. The third-order valence-corrected chi connectivity index (χ3v) is 4.85. The van der Waals surface area contributed by atoms with Gasteiger partial charge in [-0.1, -0.05) is 0 Å². The number of halogens is 3. The number of hydrogen-bond acceptors (Lipinski definition) is 5. The maximum atomic E-state index is 12.9. The summed E-state index contributed by atoms with van der Waals surface area (Å²) in [6.07, 6.45) is 1.60. The van der Waals surface area contributed by atoms with E-state index in [4.69, 9.17) is 11.6 Å². The summed E-state index contributed by atoms with van der Waals surface area (Å²) in [6.45, 7) is 2.27. The van der Waals surface area contributed by atoms with Crippen LogP contribution < -0.4 is 10.1 Å². The molecule has 11 heteroatoms. The van der Waals surface area contributed by atoms with Crippen LogP contribution in [-0.4, -0.2) is 36.3 Å². The van der Waals surface area contributed by atoms with Gasteiger partial charge in [0.15, 0.2) is 0 Å². The highest BCUT2D eigenvalue weighted by Crippen LogP contribution is 2.31. The number of anilines is 1. The molecule has 166 valence electrons. The SMILES string of the molecule is CCn1c(CO)nc2cc(C(=O)Nc3ccc(OC(F)(F)Cl)cc3)cc(-c3ccn[nH]3)c21. The van der Waals surface area contributed by atoms with Gasteiger partial charge in [0, 0.05) is 41.2 Å². The number of benzene rings is 2. The molecule has 1 amide bonds. The molecule has 2 aromatic heterocycles. The fraction of sp³-hybridized carbons (Fsp3) is 0.190. The molecular weight excluding hydrogens is 444 g/mol. The molecular formula is C21H18ClF2N5O3. The van der Waals surface area contributed by atoms with Crippen LogP contribution in [0, 0.1) is 0 Å². The van der Waals surface area contributed by atoms with Crippen molar-refractivity contribution in [1.82, 2.24) is 19.7 Å². The van der Waals surface area contributed by atoms with Gasteiger partial charge in [0.1, 0.15) is 18.2 Å². The molecule has 0 atom stereocenters. The molecule has 2 aromatic carbocycles. The Kier molecular flexibility index (Phi) is 5.81. The van der Waals surface area contributed by atoms with Crippen LogP contribution in [0.3, 0.4) is 0 Å². The van der Waals surface area contributed by atoms with Crippen LogP contribution in [0.5, 0.6) is 5.75 Å². The number of hydrogen-bond donors (Lipinski definition) is 3. The number of aromatic nitrogens is 4. The van der Waals surface area contributed by atoms with E-state index < -0.39 is 11.5 Å². The molecule has 2 heterocycles. The van der Waals surface area contributed by atoms with Gasteiger partial charge in [-0.05, 0) is 49.4 Å². The summed E-state index contributed by atoms with van der Waals surface area (Å²) in [7, 11) is 0. The molecule has 3 N–H and O–H groups in total. The summed E-state index contributed by atoms with van der Waals surface area (Å²) in [5.74, 6) is -0.0966. The van der Waals surface area contributed by atoms with E-state index in [-0.39, 0.29) is 12.4 Å². The molecule has 0 aliphatic heterocycles. The highest BCUT2D eigenvalue weighted by molar-refractivity contribution is 6.20. The molecule has 8 nitrogen and oxygen atoms in total. The number of rotatable bonds is 7. The van der Waals surface area contributed by atoms with Gasteiger partial charge in [-0.2, -0.15) is 5.10 Å². The van der Waals surface area contributed by atoms with Crippen molar-refractivity contribution in [2.24, 2.45) is 0 Å². The summed E-state index contributed by atoms with van der Waals surface area (Å²) in [5.41, 5.74) is -0.432. The summed E-state index contributed by atoms with van der Waals surface area (Å²) >= 11 is 4.75. The Morgan fingerprint density at radius 2 is 2.03 bits per heavy atom. The number of carbonyl (C=O) groups is 1. The van der Waals surface area contributed by atoms with E-state index in [0.717, 1.165) is 5.52 Å². The minimum absolute atomic E-state index is 0.146. The number of amides is 1. The minimum atomic E-state index is -3.82. The molecule has 0 fully saturated rings. The van der Waals surface area contributed by atoms with Crippen LogP contribution in [0.25, 0.3) is 22.3 Å². The van der Waals surface area contributed by atoms with E-state index in [1.807, 2.05) is 11.5 Å². The molecule has 0 aliphatic carbocycles. The lowest BCUT2D eigenvalue weighted by atomic mass is 10.0. The lowest BCUT2D eigenvalue weighted by molar-refractivity contribution is -0.0964. The summed E-state index contributed by atoms with van der Waals surface area (Å²) < 4.78 is 31.6. The molecule has 0 spiro atoms. The smallest absolute Gasteiger partial charge is 0.420 e. The predicted molar refractivity (Wildman–Crippen MR) is 115 cm³/mol. The predicted octanol–water partition coefficient (Wildman–Crippen LogP) is 4.36. The number of aromatic amines is 1. The minimum Gasteiger partial charge on any atom is -0.420 e. The lowest BCUT2D eigenvalue weighted by Gasteiger charge is -2.12. The average Bonchev–Trinajstić information content (AvgIpc) is 3.40. The molecule has 0 aliphatic rings. The van der Waals surface area contributed by atoms with Crippen molar-refractivity contribution in [1.29, 1.82) is 0 Å². The Morgan fingerprint density at radius 1 is 1.28 bits per heavy atom. The van der Waals surface area contributed by atoms with Crippen molar-refractivity contribution >= 4 is 34.2 Å². The molecule has 4 rings (SSSR count). The summed E-state index contributed by atoms with van der Waals surface area (Å²) in [6, 6.07) is 10.5. The first-order valence-electron chi connectivity index (χ1n) is 9.60.